The van der Waals surface area contributed by atoms with E-state index in [1.54, 1.807) is 47.4 Å². The highest BCUT2D eigenvalue weighted by molar-refractivity contribution is 8.18. The zero-order chi connectivity index (χ0) is 24.9. The monoisotopic (exact) mass is 536 g/mol. The minimum Gasteiger partial charge on any atom is -0.493 e. The fourth-order valence-corrected chi connectivity index (χ4v) is 4.70. The van der Waals surface area contributed by atoms with Crippen LogP contribution < -0.4 is 9.47 Å². The Bertz CT molecular complexity index is 1180. The fourth-order valence-electron chi connectivity index (χ4n) is 3.54. The number of imide groups is 1. The minimum absolute atomic E-state index is 0.0895. The van der Waals surface area contributed by atoms with Crippen molar-refractivity contribution in [3.8, 4) is 11.5 Å². The summed E-state index contributed by atoms with van der Waals surface area (Å²) in [5, 5.41) is 0.380. The summed E-state index contributed by atoms with van der Waals surface area (Å²) in [6, 6.07) is 10.0. The van der Waals surface area contributed by atoms with Crippen molar-refractivity contribution in [1.82, 2.24) is 9.80 Å². The number of halogens is 2. The van der Waals surface area contributed by atoms with Crippen molar-refractivity contribution >= 4 is 58.1 Å². The number of methoxy groups -OCH3 is 1. The second-order valence-corrected chi connectivity index (χ2v) is 9.52. The molecule has 2 aromatic carbocycles. The van der Waals surface area contributed by atoms with Gasteiger partial charge in [0, 0.05) is 13.1 Å². The first-order valence-corrected chi connectivity index (χ1v) is 12.3. The molecule has 8 nitrogen and oxygen atoms in total. The molecule has 2 fully saturated rings. The first-order chi connectivity index (χ1) is 16.9. The third-order valence-corrected chi connectivity index (χ3v) is 7.05. The molecular formula is C24H22Cl2N2O6S. The summed E-state index contributed by atoms with van der Waals surface area (Å²) in [6.07, 6.45) is 1.62. The van der Waals surface area contributed by atoms with Crippen molar-refractivity contribution in [2.45, 2.75) is 6.54 Å². The first kappa shape index (κ1) is 25.4. The van der Waals surface area contributed by atoms with Gasteiger partial charge in [0.25, 0.3) is 17.1 Å². The molecule has 0 bridgehead atoms. The summed E-state index contributed by atoms with van der Waals surface area (Å²) in [5.41, 5.74) is 1.34. The number of benzene rings is 2. The molecule has 3 amide bonds. The second kappa shape index (κ2) is 11.3. The molecule has 0 aromatic heterocycles. The van der Waals surface area contributed by atoms with E-state index >= 15 is 0 Å². The number of carbonyl (C=O) groups excluding carboxylic acids is 3. The maximum absolute atomic E-state index is 12.9. The molecular weight excluding hydrogens is 515 g/mol. The first-order valence-electron chi connectivity index (χ1n) is 10.7. The van der Waals surface area contributed by atoms with Crippen LogP contribution in [0.4, 0.5) is 4.79 Å². The number of carbonyl (C=O) groups is 3. The Morgan fingerprint density at radius 3 is 2.57 bits per heavy atom. The van der Waals surface area contributed by atoms with Crippen LogP contribution in [-0.4, -0.2) is 66.9 Å². The van der Waals surface area contributed by atoms with E-state index in [-0.39, 0.29) is 29.2 Å². The molecule has 4 rings (SSSR count). The number of morpholine rings is 1. The molecule has 0 unspecified atom stereocenters. The van der Waals surface area contributed by atoms with Gasteiger partial charge in [0.15, 0.2) is 18.1 Å². The number of amides is 3. The molecule has 0 spiro atoms. The van der Waals surface area contributed by atoms with Crippen LogP contribution in [0, 0.1) is 0 Å². The zero-order valence-electron chi connectivity index (χ0n) is 18.8. The zero-order valence-corrected chi connectivity index (χ0v) is 21.1. The van der Waals surface area contributed by atoms with E-state index in [2.05, 4.69) is 0 Å². The summed E-state index contributed by atoms with van der Waals surface area (Å²) in [4.78, 5) is 40.8. The Labute approximate surface area is 216 Å². The smallest absolute Gasteiger partial charge is 0.293 e. The number of hydrogen-bond acceptors (Lipinski definition) is 7. The van der Waals surface area contributed by atoms with E-state index in [1.165, 1.54) is 7.11 Å². The molecule has 184 valence electrons. The molecule has 2 heterocycles. The Hall–Kier alpha value is -2.72. The maximum Gasteiger partial charge on any atom is 0.293 e. The highest BCUT2D eigenvalue weighted by atomic mass is 35.5. The van der Waals surface area contributed by atoms with Crippen LogP contribution in [0.25, 0.3) is 6.08 Å². The van der Waals surface area contributed by atoms with E-state index in [1.807, 2.05) is 0 Å². The lowest BCUT2D eigenvalue weighted by Crippen LogP contribution is -2.43. The van der Waals surface area contributed by atoms with Crippen LogP contribution >= 0.6 is 35.0 Å². The Kier molecular flexibility index (Phi) is 8.22. The van der Waals surface area contributed by atoms with Gasteiger partial charge >= 0.3 is 0 Å². The summed E-state index contributed by atoms with van der Waals surface area (Å²) >= 11 is 12.8. The van der Waals surface area contributed by atoms with Gasteiger partial charge in [-0.15, -0.1) is 0 Å². The molecule has 2 aliphatic heterocycles. The van der Waals surface area contributed by atoms with E-state index in [4.69, 9.17) is 37.4 Å². The molecule has 0 atom stereocenters. The van der Waals surface area contributed by atoms with Crippen LogP contribution in [0.15, 0.2) is 41.3 Å². The Morgan fingerprint density at radius 1 is 1.09 bits per heavy atom. The van der Waals surface area contributed by atoms with Gasteiger partial charge in [-0.3, -0.25) is 19.3 Å². The average Bonchev–Trinajstić information content (AvgIpc) is 3.12. The highest BCUT2D eigenvalue weighted by Gasteiger charge is 2.35. The maximum atomic E-state index is 12.9. The third kappa shape index (κ3) is 6.10. The number of rotatable bonds is 7. The van der Waals surface area contributed by atoms with E-state index in [0.717, 1.165) is 16.7 Å². The van der Waals surface area contributed by atoms with Crippen LogP contribution in [0.1, 0.15) is 11.1 Å². The van der Waals surface area contributed by atoms with Crippen molar-refractivity contribution in [3.05, 3.63) is 62.5 Å². The molecule has 0 saturated carbocycles. The van der Waals surface area contributed by atoms with Crippen molar-refractivity contribution in [2.75, 3.05) is 40.0 Å². The number of thioether (sulfide) groups is 1. The van der Waals surface area contributed by atoms with Gasteiger partial charge in [-0.05, 0) is 53.2 Å². The summed E-state index contributed by atoms with van der Waals surface area (Å²) in [7, 11) is 1.49. The van der Waals surface area contributed by atoms with E-state index in [0.29, 0.717) is 59.0 Å². The molecule has 35 heavy (non-hydrogen) atoms. The topological polar surface area (TPSA) is 85.4 Å². The fraction of sp³-hybridized carbons (Fsp3) is 0.292. The summed E-state index contributed by atoms with van der Waals surface area (Å²) in [5.74, 6) is 0.277. The van der Waals surface area contributed by atoms with Gasteiger partial charge in [-0.1, -0.05) is 35.3 Å². The Balaban J connectivity index is 1.43. The van der Waals surface area contributed by atoms with Crippen molar-refractivity contribution in [3.63, 3.8) is 0 Å². The molecule has 2 aromatic rings. The second-order valence-electron chi connectivity index (χ2n) is 7.71. The molecule has 0 radical (unpaired) electrons. The van der Waals surface area contributed by atoms with Gasteiger partial charge in [0.2, 0.25) is 0 Å². The highest BCUT2D eigenvalue weighted by Crippen LogP contribution is 2.36. The predicted molar refractivity (Wildman–Crippen MR) is 134 cm³/mol. The molecule has 2 aliphatic rings. The molecule has 11 heteroatoms. The van der Waals surface area contributed by atoms with Crippen LogP contribution in [-0.2, 0) is 20.9 Å². The van der Waals surface area contributed by atoms with Crippen molar-refractivity contribution in [2.24, 2.45) is 0 Å². The normalized spacial score (nSPS) is 17.3. The number of nitrogens with zero attached hydrogens (tertiary/aromatic N) is 2. The average molecular weight is 537 g/mol. The van der Waals surface area contributed by atoms with Gasteiger partial charge in [0.05, 0.1) is 41.8 Å². The minimum atomic E-state index is -0.401. The standard InChI is InChI=1S/C24H22Cl2N2O6S/c1-32-20-11-15(3-5-19(20)34-14-22(29)27-6-8-33-9-7-27)12-21-23(30)28(24(31)35-21)13-16-2-4-17(25)18(26)10-16/h2-5,10-12H,6-9,13-14H2,1H3/b21-12-. The molecule has 2 saturated heterocycles. The SMILES string of the molecule is COc1cc(/C=C2\SC(=O)N(Cc3ccc(Cl)c(Cl)c3)C2=O)ccc1OCC(=O)N1CCOCC1. The number of hydrogen-bond donors (Lipinski definition) is 0. The van der Waals surface area contributed by atoms with Crippen LogP contribution in [0.2, 0.25) is 10.0 Å². The lowest BCUT2D eigenvalue weighted by Gasteiger charge is -2.26. The summed E-state index contributed by atoms with van der Waals surface area (Å²) < 4.78 is 16.3. The van der Waals surface area contributed by atoms with Gasteiger partial charge < -0.3 is 19.1 Å². The molecule has 0 aliphatic carbocycles. The lowest BCUT2D eigenvalue weighted by atomic mass is 10.1. The quantitative estimate of drug-likeness (QED) is 0.482. The van der Waals surface area contributed by atoms with Crippen molar-refractivity contribution < 1.29 is 28.6 Å². The largest absolute Gasteiger partial charge is 0.493 e. The number of ether oxygens (including phenoxy) is 3. The van der Waals surface area contributed by atoms with Gasteiger partial charge in [-0.2, -0.15) is 0 Å². The lowest BCUT2D eigenvalue weighted by molar-refractivity contribution is -0.137. The summed E-state index contributed by atoms with van der Waals surface area (Å²) in [6.45, 7) is 2.08. The molecule has 0 N–H and O–H groups in total. The van der Waals surface area contributed by atoms with Crippen molar-refractivity contribution in [1.29, 1.82) is 0 Å². The predicted octanol–water partition coefficient (Wildman–Crippen LogP) is 4.48. The van der Waals surface area contributed by atoms with Gasteiger partial charge in [0.1, 0.15) is 0 Å². The van der Waals surface area contributed by atoms with E-state index < -0.39 is 5.91 Å². The van der Waals surface area contributed by atoms with Gasteiger partial charge in [-0.25, -0.2) is 0 Å². The van der Waals surface area contributed by atoms with E-state index in [9.17, 15) is 14.4 Å². The van der Waals surface area contributed by atoms with Crippen LogP contribution in [0.5, 0.6) is 11.5 Å². The van der Waals surface area contributed by atoms with Crippen LogP contribution in [0.3, 0.4) is 0 Å². The third-order valence-electron chi connectivity index (χ3n) is 5.40. The Morgan fingerprint density at radius 2 is 1.86 bits per heavy atom.